The highest BCUT2D eigenvalue weighted by atomic mass is 35.5. The van der Waals surface area contributed by atoms with Crippen LogP contribution in [0.3, 0.4) is 0 Å². The molecule has 1 aliphatic carbocycles. The third kappa shape index (κ3) is 4.51. The molecule has 2 aromatic carbocycles. The van der Waals surface area contributed by atoms with Gasteiger partial charge in [-0.15, -0.1) is 0 Å². The summed E-state index contributed by atoms with van der Waals surface area (Å²) in [5.41, 5.74) is 3.52. The number of hydrogen-bond donors (Lipinski definition) is 2. The van der Waals surface area contributed by atoms with Crippen molar-refractivity contribution in [1.29, 1.82) is 0 Å². The van der Waals surface area contributed by atoms with E-state index in [0.29, 0.717) is 33.2 Å². The molecule has 0 amide bonds. The summed E-state index contributed by atoms with van der Waals surface area (Å²) in [6.07, 6.45) is 3.38. The summed E-state index contributed by atoms with van der Waals surface area (Å²) >= 11 is 6.51. The number of rotatable bonds is 6. The van der Waals surface area contributed by atoms with Gasteiger partial charge >= 0.3 is 5.97 Å². The zero-order chi connectivity index (χ0) is 23.7. The Morgan fingerprint density at radius 3 is 2.56 bits per heavy atom. The molecule has 1 unspecified atom stereocenters. The number of para-hydroxylation sites is 1. The number of nitrogens with one attached hydrogen (secondary N) is 1. The van der Waals surface area contributed by atoms with Crippen LogP contribution in [0, 0.1) is 0 Å². The van der Waals surface area contributed by atoms with Crippen LogP contribution in [0.15, 0.2) is 84.0 Å². The smallest absolute Gasteiger partial charge is 0.331 e. The Morgan fingerprint density at radius 1 is 1.09 bits per heavy atom. The lowest BCUT2D eigenvalue weighted by molar-refractivity contribution is -0.133. The van der Waals surface area contributed by atoms with Gasteiger partial charge in [0.05, 0.1) is 16.2 Å². The molecule has 34 heavy (non-hydrogen) atoms. The second-order valence-electron chi connectivity index (χ2n) is 7.86. The minimum Gasteiger partial charge on any atom is -0.478 e. The van der Waals surface area contributed by atoms with Crippen LogP contribution in [-0.4, -0.2) is 32.1 Å². The summed E-state index contributed by atoms with van der Waals surface area (Å²) in [6, 6.07) is 19.0. The van der Waals surface area contributed by atoms with Crippen LogP contribution in [0.5, 0.6) is 17.5 Å². The van der Waals surface area contributed by atoms with E-state index in [4.69, 9.17) is 21.1 Å². The fraction of sp³-hybridized carbons (Fsp3) is 0.115. The normalized spacial score (nSPS) is 15.5. The van der Waals surface area contributed by atoms with Gasteiger partial charge in [0, 0.05) is 17.6 Å². The molecule has 0 fully saturated rings. The first-order valence-corrected chi connectivity index (χ1v) is 11.0. The fourth-order valence-corrected chi connectivity index (χ4v) is 3.98. The number of imidazole rings is 1. The standard InChI is InChI=1S/C26H20ClN3O4/c1-15-7-10-19(13-20(15)25(31)32)34-26-28-22-14-21(27)23(29-24(22)30-26)16-8-11-18(12-9-16)33-17-5-3-2-4-6-17/h2-12,14,19H,13H2,1H3,(H,31,32)(H,28,29,30). The number of allylic oxidation sites excluding steroid dienone is 2. The first-order chi connectivity index (χ1) is 16.5. The summed E-state index contributed by atoms with van der Waals surface area (Å²) in [5.74, 6) is 0.511. The van der Waals surface area contributed by atoms with E-state index in [1.54, 1.807) is 19.1 Å². The van der Waals surface area contributed by atoms with Gasteiger partial charge in [0.15, 0.2) is 5.65 Å². The van der Waals surface area contributed by atoms with Crippen molar-refractivity contribution in [2.75, 3.05) is 0 Å². The molecule has 2 N–H and O–H groups in total. The Kier molecular flexibility index (Phi) is 5.77. The number of benzene rings is 2. The van der Waals surface area contributed by atoms with Crippen molar-refractivity contribution in [3.05, 3.63) is 89.0 Å². The molecule has 0 spiro atoms. The van der Waals surface area contributed by atoms with Crippen molar-refractivity contribution in [2.24, 2.45) is 0 Å². The number of aromatic amines is 1. The first kappa shape index (κ1) is 21.7. The van der Waals surface area contributed by atoms with E-state index in [1.165, 1.54) is 0 Å². The van der Waals surface area contributed by atoms with Crippen LogP contribution in [0.25, 0.3) is 22.4 Å². The molecule has 7 nitrogen and oxygen atoms in total. The number of carboxylic acids is 1. The van der Waals surface area contributed by atoms with Gasteiger partial charge in [-0.05, 0) is 61.0 Å². The molecule has 0 radical (unpaired) electrons. The van der Waals surface area contributed by atoms with Crippen LogP contribution in [0.2, 0.25) is 5.02 Å². The second kappa shape index (κ2) is 9.03. The fourth-order valence-electron chi connectivity index (χ4n) is 3.72. The van der Waals surface area contributed by atoms with E-state index >= 15 is 0 Å². The number of halogens is 1. The van der Waals surface area contributed by atoms with Crippen LogP contribution in [0.4, 0.5) is 0 Å². The maximum atomic E-state index is 11.4. The zero-order valence-corrected chi connectivity index (χ0v) is 18.9. The number of fused-ring (bicyclic) bond motifs is 1. The molecule has 2 heterocycles. The second-order valence-corrected chi connectivity index (χ2v) is 8.26. The average molecular weight is 474 g/mol. The number of nitrogens with zero attached hydrogens (tertiary/aromatic N) is 2. The van der Waals surface area contributed by atoms with Gasteiger partial charge < -0.3 is 19.6 Å². The monoisotopic (exact) mass is 473 g/mol. The quantitative estimate of drug-likeness (QED) is 0.347. The Bertz CT molecular complexity index is 1430. The van der Waals surface area contributed by atoms with Crippen LogP contribution in [0.1, 0.15) is 13.3 Å². The number of hydrogen-bond acceptors (Lipinski definition) is 5. The molecule has 170 valence electrons. The van der Waals surface area contributed by atoms with Gasteiger partial charge in [-0.1, -0.05) is 35.9 Å². The summed E-state index contributed by atoms with van der Waals surface area (Å²) in [7, 11) is 0. The van der Waals surface area contributed by atoms with Crippen LogP contribution < -0.4 is 9.47 Å². The maximum absolute atomic E-state index is 11.4. The molecule has 2 aromatic heterocycles. The number of ether oxygens (including phenoxy) is 2. The molecular weight excluding hydrogens is 454 g/mol. The van der Waals surface area contributed by atoms with E-state index in [1.807, 2.05) is 60.7 Å². The Balaban J connectivity index is 1.35. The largest absolute Gasteiger partial charge is 0.478 e. The van der Waals surface area contributed by atoms with E-state index in [9.17, 15) is 9.90 Å². The van der Waals surface area contributed by atoms with Gasteiger partial charge in [-0.25, -0.2) is 9.78 Å². The third-order valence-electron chi connectivity index (χ3n) is 5.47. The molecule has 1 atom stereocenters. The molecule has 1 aliphatic rings. The molecular formula is C26H20ClN3O4. The predicted octanol–water partition coefficient (Wildman–Crippen LogP) is 6.18. The van der Waals surface area contributed by atoms with Gasteiger partial charge in [0.25, 0.3) is 6.01 Å². The third-order valence-corrected chi connectivity index (χ3v) is 5.76. The van der Waals surface area contributed by atoms with Gasteiger partial charge in [-0.3, -0.25) is 0 Å². The molecule has 0 saturated heterocycles. The molecule has 8 heteroatoms. The lowest BCUT2D eigenvalue weighted by Gasteiger charge is -2.18. The van der Waals surface area contributed by atoms with Crippen molar-refractivity contribution in [1.82, 2.24) is 15.0 Å². The molecule has 0 bridgehead atoms. The van der Waals surface area contributed by atoms with E-state index in [2.05, 4.69) is 15.0 Å². The SMILES string of the molecule is CC1=C(C(=O)O)CC(Oc2nc3nc(-c4ccc(Oc5ccccc5)cc4)c(Cl)cc3[nH]2)C=C1. The van der Waals surface area contributed by atoms with Crippen molar-refractivity contribution < 1.29 is 19.4 Å². The number of H-pyrrole nitrogens is 1. The number of carbonyl (C=O) groups is 1. The highest BCUT2D eigenvalue weighted by Crippen LogP contribution is 2.32. The summed E-state index contributed by atoms with van der Waals surface area (Å²) in [4.78, 5) is 23.5. The van der Waals surface area contributed by atoms with E-state index in [0.717, 1.165) is 16.9 Å². The number of carboxylic acid groups (broad SMARTS) is 1. The Labute approximate surface area is 200 Å². The van der Waals surface area contributed by atoms with Crippen molar-refractivity contribution in [2.45, 2.75) is 19.4 Å². The highest BCUT2D eigenvalue weighted by Gasteiger charge is 2.22. The molecule has 0 aliphatic heterocycles. The van der Waals surface area contributed by atoms with E-state index < -0.39 is 12.1 Å². The Morgan fingerprint density at radius 2 is 1.82 bits per heavy atom. The van der Waals surface area contributed by atoms with Crippen LogP contribution in [-0.2, 0) is 4.79 Å². The average Bonchev–Trinajstić information content (AvgIpc) is 3.22. The van der Waals surface area contributed by atoms with Crippen molar-refractivity contribution in [3.63, 3.8) is 0 Å². The molecule has 4 aromatic rings. The highest BCUT2D eigenvalue weighted by molar-refractivity contribution is 6.33. The van der Waals surface area contributed by atoms with Gasteiger partial charge in [0.1, 0.15) is 17.6 Å². The minimum atomic E-state index is -0.946. The first-order valence-electron chi connectivity index (χ1n) is 10.6. The lowest BCUT2D eigenvalue weighted by atomic mass is 9.97. The molecule has 5 rings (SSSR count). The number of aliphatic carboxylic acids is 1. The maximum Gasteiger partial charge on any atom is 0.331 e. The van der Waals surface area contributed by atoms with Gasteiger partial charge in [-0.2, -0.15) is 4.98 Å². The molecule has 0 saturated carbocycles. The minimum absolute atomic E-state index is 0.251. The van der Waals surface area contributed by atoms with Crippen molar-refractivity contribution in [3.8, 4) is 28.8 Å². The van der Waals surface area contributed by atoms with Crippen LogP contribution >= 0.6 is 11.6 Å². The zero-order valence-electron chi connectivity index (χ0n) is 18.2. The van der Waals surface area contributed by atoms with Crippen molar-refractivity contribution >= 4 is 28.7 Å². The number of aromatic nitrogens is 3. The summed E-state index contributed by atoms with van der Waals surface area (Å²) in [5, 5.41) is 9.83. The Hall–Kier alpha value is -4.10. The van der Waals surface area contributed by atoms with E-state index in [-0.39, 0.29) is 12.4 Å². The topological polar surface area (TPSA) is 97.3 Å². The predicted molar refractivity (Wildman–Crippen MR) is 129 cm³/mol. The summed E-state index contributed by atoms with van der Waals surface area (Å²) < 4.78 is 11.7. The lowest BCUT2D eigenvalue weighted by Crippen LogP contribution is -2.21. The number of pyridine rings is 1. The van der Waals surface area contributed by atoms with Gasteiger partial charge in [0.2, 0.25) is 0 Å². The summed E-state index contributed by atoms with van der Waals surface area (Å²) in [6.45, 7) is 1.77.